The van der Waals surface area contributed by atoms with Crippen LogP contribution in [0.4, 0.5) is 5.00 Å². The van der Waals surface area contributed by atoms with Crippen molar-refractivity contribution >= 4 is 28.2 Å². The Morgan fingerprint density at radius 3 is 2.63 bits per heavy atom. The number of aliphatic hydroxyl groups is 1. The number of nitro groups is 1. The lowest BCUT2D eigenvalue weighted by Gasteiger charge is -2.21. The second kappa shape index (κ2) is 5.76. The van der Waals surface area contributed by atoms with Crippen molar-refractivity contribution in [1.29, 1.82) is 0 Å². The zero-order valence-electron chi connectivity index (χ0n) is 9.95. The van der Waals surface area contributed by atoms with E-state index in [1.165, 1.54) is 19.1 Å². The van der Waals surface area contributed by atoms with E-state index in [0.717, 1.165) is 0 Å². The second-order valence-electron chi connectivity index (χ2n) is 4.15. The molecule has 8 nitrogen and oxygen atoms in total. The lowest BCUT2D eigenvalue weighted by Crippen LogP contribution is -2.41. The van der Waals surface area contributed by atoms with Gasteiger partial charge < -0.3 is 15.5 Å². The van der Waals surface area contributed by atoms with Gasteiger partial charge in [-0.3, -0.25) is 19.7 Å². The molecule has 1 aromatic heterocycles. The predicted octanol–water partition coefficient (Wildman–Crippen LogP) is 0.612. The molecular weight excluding hydrogens is 276 g/mol. The standard InChI is InChI=1S/C10H12N2O6S/c1-10(16,4-8(13)14)5-11-9(15)6-2-3-7(19-6)12(17)18/h2-3,16H,4-5H2,1H3,(H,11,15)(H,13,14). The first-order chi connectivity index (χ1) is 8.71. The van der Waals surface area contributed by atoms with Crippen LogP contribution in [0, 0.1) is 10.1 Å². The summed E-state index contributed by atoms with van der Waals surface area (Å²) in [6, 6.07) is 2.50. The van der Waals surface area contributed by atoms with Gasteiger partial charge in [0.15, 0.2) is 0 Å². The molecule has 0 aliphatic carbocycles. The van der Waals surface area contributed by atoms with E-state index in [9.17, 15) is 24.8 Å². The number of nitrogens with zero attached hydrogens (tertiary/aromatic N) is 1. The third-order valence-corrected chi connectivity index (χ3v) is 3.19. The highest BCUT2D eigenvalue weighted by Crippen LogP contribution is 2.23. The quantitative estimate of drug-likeness (QED) is 0.519. The molecule has 1 atom stereocenters. The van der Waals surface area contributed by atoms with Gasteiger partial charge in [0.25, 0.3) is 5.91 Å². The highest BCUT2D eigenvalue weighted by atomic mass is 32.1. The van der Waals surface area contributed by atoms with Crippen LogP contribution < -0.4 is 5.32 Å². The van der Waals surface area contributed by atoms with Gasteiger partial charge in [-0.2, -0.15) is 0 Å². The maximum Gasteiger partial charge on any atom is 0.324 e. The van der Waals surface area contributed by atoms with Crippen molar-refractivity contribution in [3.05, 3.63) is 27.1 Å². The molecule has 0 saturated heterocycles. The van der Waals surface area contributed by atoms with E-state index in [1.807, 2.05) is 0 Å². The summed E-state index contributed by atoms with van der Waals surface area (Å²) >= 11 is 0.704. The van der Waals surface area contributed by atoms with E-state index in [4.69, 9.17) is 5.11 Å². The number of thiophene rings is 1. The number of carbonyl (C=O) groups excluding carboxylic acids is 1. The van der Waals surface area contributed by atoms with Crippen LogP contribution in [0.3, 0.4) is 0 Å². The summed E-state index contributed by atoms with van der Waals surface area (Å²) < 4.78 is 0. The number of hydrogen-bond donors (Lipinski definition) is 3. The molecule has 0 aliphatic rings. The Balaban J connectivity index is 2.60. The van der Waals surface area contributed by atoms with Gasteiger partial charge in [-0.05, 0) is 13.0 Å². The van der Waals surface area contributed by atoms with Crippen molar-refractivity contribution in [2.24, 2.45) is 0 Å². The first-order valence-corrected chi connectivity index (χ1v) is 5.99. The third-order valence-electron chi connectivity index (χ3n) is 2.16. The third kappa shape index (κ3) is 4.64. The number of amides is 1. The van der Waals surface area contributed by atoms with Crippen molar-refractivity contribution in [2.45, 2.75) is 18.9 Å². The lowest BCUT2D eigenvalue weighted by molar-refractivity contribution is -0.380. The van der Waals surface area contributed by atoms with Gasteiger partial charge in [0.05, 0.1) is 21.8 Å². The maximum absolute atomic E-state index is 11.6. The van der Waals surface area contributed by atoms with Crippen molar-refractivity contribution in [2.75, 3.05) is 6.54 Å². The summed E-state index contributed by atoms with van der Waals surface area (Å²) in [6.45, 7) is 1.02. The number of carboxylic acids is 1. The van der Waals surface area contributed by atoms with E-state index in [1.54, 1.807) is 0 Å². The second-order valence-corrected chi connectivity index (χ2v) is 5.21. The molecule has 0 aromatic carbocycles. The minimum atomic E-state index is -1.58. The largest absolute Gasteiger partial charge is 0.481 e. The molecule has 0 aliphatic heterocycles. The van der Waals surface area contributed by atoms with Crippen LogP contribution in [0.5, 0.6) is 0 Å². The van der Waals surface area contributed by atoms with E-state index in [-0.39, 0.29) is 16.4 Å². The average molecular weight is 288 g/mol. The summed E-state index contributed by atoms with van der Waals surface area (Å²) in [7, 11) is 0. The fraction of sp³-hybridized carbons (Fsp3) is 0.400. The van der Waals surface area contributed by atoms with E-state index in [0.29, 0.717) is 11.3 Å². The Hall–Kier alpha value is -2.00. The Morgan fingerprint density at radius 2 is 2.16 bits per heavy atom. The van der Waals surface area contributed by atoms with Crippen LogP contribution in [0.25, 0.3) is 0 Å². The maximum atomic E-state index is 11.6. The molecule has 0 saturated carbocycles. The minimum absolute atomic E-state index is 0.123. The van der Waals surface area contributed by atoms with Crippen molar-refractivity contribution in [1.82, 2.24) is 5.32 Å². The fourth-order valence-electron chi connectivity index (χ4n) is 1.29. The van der Waals surface area contributed by atoms with Crippen LogP contribution >= 0.6 is 11.3 Å². The zero-order valence-corrected chi connectivity index (χ0v) is 10.8. The van der Waals surface area contributed by atoms with E-state index < -0.39 is 28.8 Å². The van der Waals surface area contributed by atoms with E-state index >= 15 is 0 Å². The molecule has 0 radical (unpaired) electrons. The van der Waals surface area contributed by atoms with Crippen LogP contribution in [-0.4, -0.2) is 39.2 Å². The van der Waals surface area contributed by atoms with Crippen LogP contribution in [0.1, 0.15) is 23.0 Å². The number of carbonyl (C=O) groups is 2. The number of nitrogens with one attached hydrogen (secondary N) is 1. The van der Waals surface area contributed by atoms with Gasteiger partial charge in [-0.15, -0.1) is 0 Å². The summed E-state index contributed by atoms with van der Waals surface area (Å²) in [5.74, 6) is -1.78. The van der Waals surface area contributed by atoms with Crippen LogP contribution in [0.15, 0.2) is 12.1 Å². The SMILES string of the molecule is CC(O)(CNC(=O)c1ccc([N+](=O)[O-])s1)CC(=O)O. The monoisotopic (exact) mass is 288 g/mol. The molecule has 0 spiro atoms. The van der Waals surface area contributed by atoms with Crippen molar-refractivity contribution in [3.8, 4) is 0 Å². The number of aliphatic carboxylic acids is 1. The molecule has 1 amide bonds. The molecule has 0 bridgehead atoms. The number of carboxylic acid groups (broad SMARTS) is 1. The molecule has 1 heterocycles. The molecule has 9 heteroatoms. The first kappa shape index (κ1) is 15.1. The first-order valence-electron chi connectivity index (χ1n) is 5.18. The summed E-state index contributed by atoms with van der Waals surface area (Å²) in [4.78, 5) is 32.1. The Bertz CT molecular complexity index is 510. The van der Waals surface area contributed by atoms with Crippen LogP contribution in [-0.2, 0) is 4.79 Å². The number of rotatable bonds is 6. The predicted molar refractivity (Wildman–Crippen MR) is 66.2 cm³/mol. The smallest absolute Gasteiger partial charge is 0.324 e. The van der Waals surface area contributed by atoms with Crippen LogP contribution in [0.2, 0.25) is 0 Å². The topological polar surface area (TPSA) is 130 Å². The zero-order chi connectivity index (χ0) is 14.6. The summed E-state index contributed by atoms with van der Waals surface area (Å²) in [6.07, 6.45) is -0.516. The average Bonchev–Trinajstić information content (AvgIpc) is 2.73. The molecule has 104 valence electrons. The summed E-state index contributed by atoms with van der Waals surface area (Å²) in [5, 5.41) is 30.8. The number of hydrogen-bond acceptors (Lipinski definition) is 6. The van der Waals surface area contributed by atoms with Crippen molar-refractivity contribution < 1.29 is 24.7 Å². The van der Waals surface area contributed by atoms with Gasteiger partial charge in [-0.25, -0.2) is 0 Å². The molecule has 3 N–H and O–H groups in total. The Morgan fingerprint density at radius 1 is 1.53 bits per heavy atom. The van der Waals surface area contributed by atoms with Gasteiger partial charge in [-0.1, -0.05) is 11.3 Å². The Labute approximate surface area is 111 Å². The van der Waals surface area contributed by atoms with Gasteiger partial charge in [0, 0.05) is 12.6 Å². The molecule has 1 aromatic rings. The van der Waals surface area contributed by atoms with Gasteiger partial charge in [0.1, 0.15) is 0 Å². The molecule has 0 fully saturated rings. The van der Waals surface area contributed by atoms with Gasteiger partial charge in [0.2, 0.25) is 0 Å². The lowest BCUT2D eigenvalue weighted by atomic mass is 10.0. The highest BCUT2D eigenvalue weighted by Gasteiger charge is 2.25. The normalized spacial score (nSPS) is 13.6. The molecule has 19 heavy (non-hydrogen) atoms. The molecule has 1 rings (SSSR count). The Kier molecular flexibility index (Phi) is 4.57. The highest BCUT2D eigenvalue weighted by molar-refractivity contribution is 7.17. The van der Waals surface area contributed by atoms with Gasteiger partial charge >= 0.3 is 11.0 Å². The van der Waals surface area contributed by atoms with E-state index in [2.05, 4.69) is 5.32 Å². The van der Waals surface area contributed by atoms with Crippen molar-refractivity contribution in [3.63, 3.8) is 0 Å². The minimum Gasteiger partial charge on any atom is -0.481 e. The summed E-state index contributed by atoms with van der Waals surface area (Å²) in [5.41, 5.74) is -1.58. The fourth-order valence-corrected chi connectivity index (χ4v) is 2.03. The molecule has 1 unspecified atom stereocenters. The molecular formula is C10H12N2O6S.